The fraction of sp³-hybridized carbons (Fsp3) is 0.250. The smallest absolute Gasteiger partial charge is 0.295 e. The van der Waals surface area contributed by atoms with Crippen molar-refractivity contribution < 1.29 is 22.1 Å². The summed E-state index contributed by atoms with van der Waals surface area (Å²) in [6.07, 6.45) is 0. The van der Waals surface area contributed by atoms with Crippen molar-refractivity contribution in [1.82, 2.24) is 4.31 Å². The van der Waals surface area contributed by atoms with Gasteiger partial charge in [0.1, 0.15) is 17.3 Å². The molecule has 7 nitrogen and oxygen atoms in total. The Bertz CT molecular complexity index is 995. The number of halogens is 3. The Balaban J connectivity index is 1.79. The first kappa shape index (κ1) is 19.5. The highest BCUT2D eigenvalue weighted by molar-refractivity contribution is 7.89. The Kier molecular flexibility index (Phi) is 5.31. The van der Waals surface area contributed by atoms with Gasteiger partial charge >= 0.3 is 0 Å². The van der Waals surface area contributed by atoms with E-state index < -0.39 is 26.6 Å². The molecule has 0 atom stereocenters. The Morgan fingerprint density at radius 1 is 1.04 bits per heavy atom. The summed E-state index contributed by atoms with van der Waals surface area (Å²) in [6.45, 7) is 0.485. The molecule has 144 valence electrons. The molecule has 1 heterocycles. The highest BCUT2D eigenvalue weighted by Crippen LogP contribution is 2.30. The van der Waals surface area contributed by atoms with E-state index in [4.69, 9.17) is 11.6 Å². The minimum atomic E-state index is -3.88. The van der Waals surface area contributed by atoms with Crippen molar-refractivity contribution in [3.8, 4) is 0 Å². The Labute approximate surface area is 159 Å². The molecular weight excluding hydrogens is 404 g/mol. The van der Waals surface area contributed by atoms with E-state index in [2.05, 4.69) is 0 Å². The largest absolute Gasteiger partial charge is 0.363 e. The fourth-order valence-corrected chi connectivity index (χ4v) is 4.56. The zero-order chi connectivity index (χ0) is 19.8. The molecule has 1 fully saturated rings. The molecule has 0 saturated carbocycles. The van der Waals surface area contributed by atoms with Gasteiger partial charge in [0, 0.05) is 26.2 Å². The van der Waals surface area contributed by atoms with Crippen molar-refractivity contribution in [2.45, 2.75) is 4.90 Å². The maximum absolute atomic E-state index is 13.3. The van der Waals surface area contributed by atoms with Crippen molar-refractivity contribution in [3.05, 3.63) is 63.2 Å². The van der Waals surface area contributed by atoms with Crippen molar-refractivity contribution in [2.24, 2.45) is 0 Å². The van der Waals surface area contributed by atoms with Crippen LogP contribution in [-0.2, 0) is 10.0 Å². The number of hydrogen-bond acceptors (Lipinski definition) is 5. The molecule has 1 aliphatic rings. The Hall–Kier alpha value is -2.30. The van der Waals surface area contributed by atoms with Crippen molar-refractivity contribution in [1.29, 1.82) is 0 Å². The summed E-state index contributed by atoms with van der Waals surface area (Å²) in [5.41, 5.74) is -0.153. The topological polar surface area (TPSA) is 83.8 Å². The second kappa shape index (κ2) is 7.37. The Morgan fingerprint density at radius 2 is 1.70 bits per heavy atom. The van der Waals surface area contributed by atoms with E-state index in [1.165, 1.54) is 10.4 Å². The van der Waals surface area contributed by atoms with Gasteiger partial charge in [0.15, 0.2) is 0 Å². The van der Waals surface area contributed by atoms with Gasteiger partial charge in [-0.2, -0.15) is 4.31 Å². The molecule has 0 radical (unpaired) electrons. The molecule has 0 bridgehead atoms. The molecule has 3 rings (SSSR count). The second-order valence-electron chi connectivity index (χ2n) is 5.86. The van der Waals surface area contributed by atoms with Gasteiger partial charge < -0.3 is 4.90 Å². The predicted octanol–water partition coefficient (Wildman–Crippen LogP) is 3.04. The van der Waals surface area contributed by atoms with Crippen LogP contribution in [0.3, 0.4) is 0 Å². The fourth-order valence-electron chi connectivity index (χ4n) is 2.87. The first-order valence-corrected chi connectivity index (χ1v) is 9.66. The van der Waals surface area contributed by atoms with Gasteiger partial charge in [0.2, 0.25) is 10.0 Å². The third kappa shape index (κ3) is 3.87. The normalized spacial score (nSPS) is 15.7. The number of rotatable bonds is 4. The molecule has 11 heteroatoms. The molecule has 0 N–H and O–H groups in total. The lowest BCUT2D eigenvalue weighted by Crippen LogP contribution is -2.48. The molecule has 0 spiro atoms. The van der Waals surface area contributed by atoms with E-state index in [1.807, 2.05) is 0 Å². The lowest BCUT2D eigenvalue weighted by Gasteiger charge is -2.35. The maximum Gasteiger partial charge on any atom is 0.295 e. The number of sulfonamides is 1. The third-order valence-corrected chi connectivity index (χ3v) is 6.43. The van der Waals surface area contributed by atoms with Crippen molar-refractivity contribution >= 4 is 33.0 Å². The summed E-state index contributed by atoms with van der Waals surface area (Å²) < 4.78 is 53.1. The average Bonchev–Trinajstić information content (AvgIpc) is 2.64. The second-order valence-corrected chi connectivity index (χ2v) is 8.20. The van der Waals surface area contributed by atoms with E-state index in [1.54, 1.807) is 4.90 Å². The monoisotopic (exact) mass is 417 g/mol. The first-order chi connectivity index (χ1) is 12.7. The average molecular weight is 418 g/mol. The quantitative estimate of drug-likeness (QED) is 0.564. The number of benzene rings is 2. The van der Waals surface area contributed by atoms with Crippen LogP contribution in [0.5, 0.6) is 0 Å². The molecule has 1 aliphatic heterocycles. The molecule has 27 heavy (non-hydrogen) atoms. The summed E-state index contributed by atoms with van der Waals surface area (Å²) in [4.78, 5) is 12.0. The zero-order valence-corrected chi connectivity index (χ0v) is 15.4. The summed E-state index contributed by atoms with van der Waals surface area (Å²) in [6, 6.07) is 6.41. The zero-order valence-electron chi connectivity index (χ0n) is 13.8. The van der Waals surface area contributed by atoms with Crippen molar-refractivity contribution in [3.63, 3.8) is 0 Å². The SMILES string of the molecule is O=[N+]([O-])c1cc(F)ccc1N1CCN(S(=O)(=O)c2ccc(F)c(Cl)c2)CC1. The molecule has 2 aromatic carbocycles. The highest BCUT2D eigenvalue weighted by Gasteiger charge is 2.31. The lowest BCUT2D eigenvalue weighted by molar-refractivity contribution is -0.384. The summed E-state index contributed by atoms with van der Waals surface area (Å²) >= 11 is 5.66. The van der Waals surface area contributed by atoms with E-state index in [0.29, 0.717) is 0 Å². The lowest BCUT2D eigenvalue weighted by atomic mass is 10.2. The van der Waals surface area contributed by atoms with Gasteiger partial charge in [-0.1, -0.05) is 11.6 Å². The minimum absolute atomic E-state index is 0.0614. The molecule has 0 aliphatic carbocycles. The van der Waals surface area contributed by atoms with E-state index in [-0.39, 0.29) is 47.5 Å². The van der Waals surface area contributed by atoms with Gasteiger partial charge in [-0.15, -0.1) is 0 Å². The van der Waals surface area contributed by atoms with Crippen LogP contribution in [0, 0.1) is 21.7 Å². The maximum atomic E-state index is 13.3. The number of piperazine rings is 1. The molecule has 2 aromatic rings. The standard InChI is InChI=1S/C16H14ClF2N3O4S/c17-13-10-12(2-3-14(13)19)27(25,26)21-7-5-20(6-8-21)15-4-1-11(18)9-16(15)22(23)24/h1-4,9-10H,5-8H2. The van der Waals surface area contributed by atoms with Gasteiger partial charge in [-0.3, -0.25) is 10.1 Å². The van der Waals surface area contributed by atoms with Crippen LogP contribution >= 0.6 is 11.6 Å². The molecule has 1 saturated heterocycles. The molecule has 0 aromatic heterocycles. The van der Waals surface area contributed by atoms with Crippen LogP contribution in [0.2, 0.25) is 5.02 Å². The number of nitro groups is 1. The first-order valence-electron chi connectivity index (χ1n) is 7.84. The predicted molar refractivity (Wildman–Crippen MR) is 95.4 cm³/mol. The number of nitrogens with zero attached hydrogens (tertiary/aromatic N) is 3. The minimum Gasteiger partial charge on any atom is -0.363 e. The van der Waals surface area contributed by atoms with Gasteiger partial charge in [0.25, 0.3) is 5.69 Å². The summed E-state index contributed by atoms with van der Waals surface area (Å²) in [5, 5.41) is 10.9. The van der Waals surface area contributed by atoms with Crippen LogP contribution in [0.1, 0.15) is 0 Å². The van der Waals surface area contributed by atoms with Gasteiger partial charge in [-0.05, 0) is 30.3 Å². The van der Waals surface area contributed by atoms with E-state index in [9.17, 15) is 27.3 Å². The molecular formula is C16H14ClF2N3O4S. The highest BCUT2D eigenvalue weighted by atomic mass is 35.5. The summed E-state index contributed by atoms with van der Waals surface area (Å²) in [5.74, 6) is -1.44. The van der Waals surface area contributed by atoms with Crippen molar-refractivity contribution in [2.75, 3.05) is 31.1 Å². The van der Waals surface area contributed by atoms with Crippen LogP contribution in [0.15, 0.2) is 41.3 Å². The molecule has 0 unspecified atom stereocenters. The molecule has 0 amide bonds. The Morgan fingerprint density at radius 3 is 2.30 bits per heavy atom. The van der Waals surface area contributed by atoms with Gasteiger partial charge in [-0.25, -0.2) is 17.2 Å². The van der Waals surface area contributed by atoms with Crippen LogP contribution < -0.4 is 4.90 Å². The van der Waals surface area contributed by atoms with Crippen LogP contribution in [0.4, 0.5) is 20.2 Å². The van der Waals surface area contributed by atoms with Crippen LogP contribution in [-0.4, -0.2) is 43.8 Å². The van der Waals surface area contributed by atoms with Gasteiger partial charge in [0.05, 0.1) is 20.9 Å². The third-order valence-electron chi connectivity index (χ3n) is 4.24. The van der Waals surface area contributed by atoms with Crippen LogP contribution in [0.25, 0.3) is 0 Å². The number of anilines is 1. The van der Waals surface area contributed by atoms with E-state index in [0.717, 1.165) is 30.3 Å². The van der Waals surface area contributed by atoms with E-state index >= 15 is 0 Å². The summed E-state index contributed by atoms with van der Waals surface area (Å²) in [7, 11) is -3.88. The number of hydrogen-bond donors (Lipinski definition) is 0. The number of nitro benzene ring substituents is 1.